The zero-order valence-corrected chi connectivity index (χ0v) is 34.5. The number of hydrogen-bond donors (Lipinski definition) is 4. The van der Waals surface area contributed by atoms with Crippen molar-refractivity contribution in [2.24, 2.45) is 29.1 Å². The van der Waals surface area contributed by atoms with Crippen molar-refractivity contribution in [3.05, 3.63) is 28.6 Å². The number of nitrogens with zero attached hydrogens (tertiary/aromatic N) is 3. The summed E-state index contributed by atoms with van der Waals surface area (Å²) in [6.45, 7) is 11.1. The molecular weight excluding hydrogens is 782 g/mol. The molecule has 7 rings (SSSR count). The van der Waals surface area contributed by atoms with Crippen LogP contribution in [0.1, 0.15) is 73.6 Å². The van der Waals surface area contributed by atoms with Crippen LogP contribution >= 0.6 is 22.9 Å². The number of amides is 3. The molecule has 3 saturated carbocycles. The Bertz CT molecular complexity index is 2100. The van der Waals surface area contributed by atoms with Gasteiger partial charge in [-0.05, 0) is 56.6 Å². The number of aromatic nitrogens is 2. The van der Waals surface area contributed by atoms with Crippen molar-refractivity contribution in [3.8, 4) is 22.9 Å². The highest BCUT2D eigenvalue weighted by Crippen LogP contribution is 2.65. The van der Waals surface area contributed by atoms with Crippen molar-refractivity contribution < 1.29 is 42.5 Å². The summed E-state index contributed by atoms with van der Waals surface area (Å²) in [4.78, 5) is 65.7. The van der Waals surface area contributed by atoms with E-state index in [4.69, 9.17) is 31.0 Å². The monoisotopic (exact) mass is 830 g/mol. The van der Waals surface area contributed by atoms with E-state index in [1.807, 2.05) is 26.2 Å². The summed E-state index contributed by atoms with van der Waals surface area (Å²) in [6, 6.07) is 3.02. The molecule has 17 heteroatoms. The molecule has 0 spiro atoms. The first-order valence-corrected chi connectivity index (χ1v) is 20.6. The van der Waals surface area contributed by atoms with Crippen LogP contribution in [0, 0.1) is 29.1 Å². The lowest BCUT2D eigenvalue weighted by Crippen LogP contribution is -2.59. The molecule has 0 radical (unpaired) electrons. The number of likely N-dealkylation sites (tertiary alicyclic amines) is 1. The normalized spacial score (nSPS) is 27.8. The molecular formula is C40H49ClF2N6O7S. The third kappa shape index (κ3) is 7.59. The largest absolute Gasteiger partial charge is 0.495 e. The fourth-order valence-corrected chi connectivity index (χ4v) is 9.69. The molecule has 57 heavy (non-hydrogen) atoms. The summed E-state index contributed by atoms with van der Waals surface area (Å²) in [5.41, 5.74) is -0.898. The molecule has 1 aromatic carbocycles. The van der Waals surface area contributed by atoms with Crippen molar-refractivity contribution >= 4 is 62.7 Å². The number of carbonyl (C=O) groups excluding carboxylic acids is 3. The first-order chi connectivity index (χ1) is 26.8. The number of hydrogen-bond acceptors (Lipinski definition) is 10. The van der Waals surface area contributed by atoms with Gasteiger partial charge in [-0.2, -0.15) is 0 Å². The predicted molar refractivity (Wildman–Crippen MR) is 211 cm³/mol. The maximum atomic E-state index is 14.7. The number of pyridine rings is 1. The van der Waals surface area contributed by atoms with Gasteiger partial charge in [-0.15, -0.1) is 11.3 Å². The van der Waals surface area contributed by atoms with Crippen LogP contribution in [0.2, 0.25) is 5.02 Å². The van der Waals surface area contributed by atoms with Crippen molar-refractivity contribution in [1.82, 2.24) is 25.5 Å². The molecule has 1 saturated heterocycles. The van der Waals surface area contributed by atoms with Gasteiger partial charge in [-0.1, -0.05) is 45.7 Å². The number of carboxylic acid groups (broad SMARTS) is 1. The fourth-order valence-electron chi connectivity index (χ4n) is 8.55. The second-order valence-corrected chi connectivity index (χ2v) is 18.5. The van der Waals surface area contributed by atoms with E-state index in [2.05, 4.69) is 16.0 Å². The highest BCUT2D eigenvalue weighted by Gasteiger charge is 2.72. The van der Waals surface area contributed by atoms with Crippen molar-refractivity contribution in [2.45, 2.75) is 109 Å². The van der Waals surface area contributed by atoms with E-state index in [1.165, 1.54) is 23.3 Å². The second kappa shape index (κ2) is 14.8. The zero-order chi connectivity index (χ0) is 41.4. The van der Waals surface area contributed by atoms with Gasteiger partial charge in [0.25, 0.3) is 5.92 Å². The highest BCUT2D eigenvalue weighted by atomic mass is 35.5. The minimum Gasteiger partial charge on any atom is -0.495 e. The van der Waals surface area contributed by atoms with Gasteiger partial charge < -0.3 is 35.4 Å². The quantitative estimate of drug-likeness (QED) is 0.152. The lowest BCUT2D eigenvalue weighted by molar-refractivity contribution is -0.147. The Morgan fingerprint density at radius 2 is 1.77 bits per heavy atom. The number of thiazole rings is 1. The summed E-state index contributed by atoms with van der Waals surface area (Å²) in [6.07, 6.45) is 0.109. The third-order valence-corrected chi connectivity index (χ3v) is 13.1. The summed E-state index contributed by atoms with van der Waals surface area (Å²) in [7, 11) is 1.49. The van der Waals surface area contributed by atoms with Gasteiger partial charge in [0, 0.05) is 47.0 Å². The smallest absolute Gasteiger partial charge is 0.329 e. The fraction of sp³-hybridized carbons (Fsp3) is 0.600. The Morgan fingerprint density at radius 3 is 2.37 bits per heavy atom. The standard InChI is InChI=1S/C40H49ClF2N6O7S/c1-8-20-15-39(20,36(53)54)48-34(51)27-13-21(16-49(27)35(52)32(38(4,5)6)47-33(50)19-11-23-24(12-19)40(23,42)43)56-29-14-25(26-17-57-37(46-26)44-18(2)3)45-31-22(29)9-10-28(55-7)30(31)41/h9-10,14,17-21,23-24,27,32H,8,11-13,15-16H2,1-7H3,(H,44,46)(H,47,50)(H,48,51)(H,53,54)/t19?,20-,21?,23-,24+,27?,32-,39-/m1/s1. The molecule has 4 fully saturated rings. The molecule has 3 aliphatic carbocycles. The average Bonchev–Trinajstić information content (AvgIpc) is 3.56. The van der Waals surface area contributed by atoms with E-state index in [0.29, 0.717) is 45.3 Å². The van der Waals surface area contributed by atoms with Crippen LogP contribution in [0.5, 0.6) is 11.5 Å². The van der Waals surface area contributed by atoms with E-state index < -0.39 is 76.5 Å². The Labute approximate surface area is 338 Å². The molecule has 3 aromatic rings. The number of carbonyl (C=O) groups is 4. The van der Waals surface area contributed by atoms with E-state index in [0.717, 1.165) is 0 Å². The SMILES string of the molecule is CC[C@@H]1C[C@]1(NC(=O)C1CC(Oc2cc(-c3csc(NC(C)C)n3)nc3c(Cl)c(OC)ccc23)CN1C(=O)[C@@H](NC(=O)C1C[C@@H]2[C@H](C1)C2(F)F)C(C)(C)C)C(=O)O. The number of ether oxygens (including phenoxy) is 2. The zero-order valence-electron chi connectivity index (χ0n) is 33.0. The minimum absolute atomic E-state index is 0.00185. The molecule has 4 N–H and O–H groups in total. The lowest BCUT2D eigenvalue weighted by Gasteiger charge is -2.36. The number of alkyl halides is 2. The van der Waals surface area contributed by atoms with Crippen molar-refractivity contribution in [3.63, 3.8) is 0 Å². The van der Waals surface area contributed by atoms with E-state index in [1.54, 1.807) is 39.0 Å². The van der Waals surface area contributed by atoms with Gasteiger partial charge in [0.2, 0.25) is 17.7 Å². The van der Waals surface area contributed by atoms with Crippen LogP contribution < -0.4 is 25.4 Å². The Hall–Kier alpha value is -4.31. The first kappa shape index (κ1) is 40.9. The summed E-state index contributed by atoms with van der Waals surface area (Å²) < 4.78 is 40.1. The molecule has 308 valence electrons. The number of rotatable bonds is 13. The Kier molecular flexibility index (Phi) is 10.6. The van der Waals surface area contributed by atoms with Crippen LogP contribution in [0.4, 0.5) is 13.9 Å². The molecule has 8 atom stereocenters. The summed E-state index contributed by atoms with van der Waals surface area (Å²) >= 11 is 8.21. The number of benzene rings is 1. The predicted octanol–water partition coefficient (Wildman–Crippen LogP) is 6.38. The van der Waals surface area contributed by atoms with Crippen LogP contribution in [-0.4, -0.2) is 93.0 Å². The molecule has 0 bridgehead atoms. The van der Waals surface area contributed by atoms with Gasteiger partial charge in [0.05, 0.1) is 24.9 Å². The number of carboxylic acids is 1. The van der Waals surface area contributed by atoms with Crippen molar-refractivity contribution in [2.75, 3.05) is 19.0 Å². The molecule has 3 unspecified atom stereocenters. The molecule has 3 heterocycles. The molecule has 2 aromatic heterocycles. The van der Waals surface area contributed by atoms with Gasteiger partial charge in [0.1, 0.15) is 45.9 Å². The second-order valence-electron chi connectivity index (χ2n) is 17.2. The van der Waals surface area contributed by atoms with Crippen molar-refractivity contribution in [1.29, 1.82) is 0 Å². The lowest BCUT2D eigenvalue weighted by atomic mass is 9.85. The first-order valence-electron chi connectivity index (χ1n) is 19.4. The minimum atomic E-state index is -2.75. The number of fused-ring (bicyclic) bond motifs is 2. The van der Waals surface area contributed by atoms with Crippen LogP contribution in [-0.2, 0) is 19.2 Å². The number of methoxy groups -OCH3 is 1. The van der Waals surface area contributed by atoms with E-state index >= 15 is 0 Å². The molecule has 1 aliphatic heterocycles. The Morgan fingerprint density at radius 1 is 1.07 bits per heavy atom. The summed E-state index contributed by atoms with van der Waals surface area (Å²) in [5, 5.41) is 22.4. The summed E-state index contributed by atoms with van der Waals surface area (Å²) in [5.74, 6) is -7.42. The topological polar surface area (TPSA) is 172 Å². The van der Waals surface area contributed by atoms with E-state index in [9.17, 15) is 33.1 Å². The van der Waals surface area contributed by atoms with Crippen LogP contribution in [0.25, 0.3) is 22.3 Å². The highest BCUT2D eigenvalue weighted by molar-refractivity contribution is 7.14. The van der Waals surface area contributed by atoms with Gasteiger partial charge in [0.15, 0.2) is 5.13 Å². The van der Waals surface area contributed by atoms with Crippen LogP contribution in [0.15, 0.2) is 23.6 Å². The number of nitrogens with one attached hydrogen (secondary N) is 3. The molecule has 13 nitrogen and oxygen atoms in total. The number of anilines is 1. The third-order valence-electron chi connectivity index (χ3n) is 11.9. The molecule has 3 amide bonds. The van der Waals surface area contributed by atoms with Gasteiger partial charge in [-0.25, -0.2) is 23.5 Å². The van der Waals surface area contributed by atoms with E-state index in [-0.39, 0.29) is 49.2 Å². The van der Waals surface area contributed by atoms with Crippen LogP contribution in [0.3, 0.4) is 0 Å². The number of halogens is 3. The number of aliphatic carboxylic acids is 1. The van der Waals surface area contributed by atoms with Gasteiger partial charge in [-0.3, -0.25) is 14.4 Å². The Balaban J connectivity index is 1.21. The maximum Gasteiger partial charge on any atom is 0.329 e. The van der Waals surface area contributed by atoms with Gasteiger partial charge >= 0.3 is 5.97 Å². The molecule has 4 aliphatic rings. The average molecular weight is 831 g/mol. The maximum absolute atomic E-state index is 14.7.